The van der Waals surface area contributed by atoms with Gasteiger partial charge in [0.15, 0.2) is 17.3 Å². The highest BCUT2D eigenvalue weighted by atomic mass is 16.3. The molecule has 1 aliphatic carbocycles. The van der Waals surface area contributed by atoms with Crippen molar-refractivity contribution in [2.75, 3.05) is 11.1 Å². The Morgan fingerprint density at radius 3 is 2.41 bits per heavy atom. The van der Waals surface area contributed by atoms with Crippen LogP contribution in [0.1, 0.15) is 54.4 Å². The number of ketones is 1. The maximum atomic E-state index is 12.6. The summed E-state index contributed by atoms with van der Waals surface area (Å²) < 4.78 is 0. The molecule has 0 saturated heterocycles. The Balaban J connectivity index is 0.00000306. The van der Waals surface area contributed by atoms with E-state index in [2.05, 4.69) is 15.3 Å². The number of anilines is 2. The van der Waals surface area contributed by atoms with Gasteiger partial charge >= 0.3 is 0 Å². The first-order valence-electron chi connectivity index (χ1n) is 10.8. The number of aromatic nitrogens is 2. The van der Waals surface area contributed by atoms with Crippen molar-refractivity contribution in [1.82, 2.24) is 9.97 Å². The molecule has 0 aliphatic heterocycles. The lowest BCUT2D eigenvalue weighted by molar-refractivity contribution is 0.0859. The summed E-state index contributed by atoms with van der Waals surface area (Å²) in [7, 11) is 0. The fraction of sp³-hybridized carbons (Fsp3) is 0.280. The zero-order chi connectivity index (χ0) is 22.5. The van der Waals surface area contributed by atoms with Crippen LogP contribution < -0.4 is 11.1 Å². The van der Waals surface area contributed by atoms with Gasteiger partial charge in [-0.3, -0.25) is 9.59 Å². The van der Waals surface area contributed by atoms with Crippen LogP contribution in [0.3, 0.4) is 0 Å². The summed E-state index contributed by atoms with van der Waals surface area (Å²) in [5.74, 6) is 0.0440. The van der Waals surface area contributed by atoms with Gasteiger partial charge in [-0.15, -0.1) is 0 Å². The molecule has 0 bridgehead atoms. The number of nitrogens with two attached hydrogens (primary N) is 1. The summed E-state index contributed by atoms with van der Waals surface area (Å²) >= 11 is 0. The standard InChI is InChI=1S/C25H26N4O3.H2/c26-24-23(25(32)28-19-4-2-1-3-5-19)29-21(15-27-24)17-8-10-18(11-9-17)22(31)14-16-6-12-20(30)13-7-16;/h1-5,8-11,15-16,20,30H,6-7,12-14H2,(H2,26,27)(H,28,32);1H. The number of rotatable bonds is 6. The summed E-state index contributed by atoms with van der Waals surface area (Å²) in [6.07, 6.45) is 5.11. The van der Waals surface area contributed by atoms with E-state index in [1.807, 2.05) is 18.2 Å². The van der Waals surface area contributed by atoms with Gasteiger partial charge in [-0.2, -0.15) is 0 Å². The highest BCUT2D eigenvalue weighted by Crippen LogP contribution is 2.28. The molecule has 0 unspecified atom stereocenters. The molecule has 166 valence electrons. The Morgan fingerprint density at radius 1 is 1.03 bits per heavy atom. The molecule has 3 aromatic rings. The Kier molecular flexibility index (Phi) is 6.56. The molecular weight excluding hydrogens is 404 g/mol. The van der Waals surface area contributed by atoms with Gasteiger partial charge in [-0.25, -0.2) is 9.97 Å². The van der Waals surface area contributed by atoms with Gasteiger partial charge in [0, 0.05) is 24.7 Å². The second-order valence-electron chi connectivity index (χ2n) is 8.19. The molecule has 0 atom stereocenters. The fourth-order valence-corrected chi connectivity index (χ4v) is 3.97. The van der Waals surface area contributed by atoms with E-state index in [0.29, 0.717) is 29.3 Å². The van der Waals surface area contributed by atoms with Gasteiger partial charge in [0.05, 0.1) is 18.0 Å². The number of aliphatic hydroxyl groups excluding tert-OH is 1. The first-order chi connectivity index (χ1) is 15.5. The lowest BCUT2D eigenvalue weighted by Crippen LogP contribution is -2.20. The third kappa shape index (κ3) is 5.18. The molecule has 1 amide bonds. The average molecular weight is 433 g/mol. The number of nitrogens with one attached hydrogen (secondary N) is 1. The number of benzene rings is 2. The van der Waals surface area contributed by atoms with Gasteiger partial charge in [0.1, 0.15) is 0 Å². The molecule has 1 aromatic heterocycles. The minimum Gasteiger partial charge on any atom is -0.393 e. The van der Waals surface area contributed by atoms with E-state index in [9.17, 15) is 14.7 Å². The van der Waals surface area contributed by atoms with E-state index in [1.165, 1.54) is 6.20 Å². The predicted octanol–water partition coefficient (Wildman–Crippen LogP) is 4.35. The maximum Gasteiger partial charge on any atom is 0.278 e. The van der Waals surface area contributed by atoms with E-state index in [0.717, 1.165) is 31.2 Å². The van der Waals surface area contributed by atoms with Crippen LogP contribution in [0.2, 0.25) is 0 Å². The molecule has 32 heavy (non-hydrogen) atoms. The van der Waals surface area contributed by atoms with E-state index in [4.69, 9.17) is 5.73 Å². The van der Waals surface area contributed by atoms with Crippen LogP contribution in [0.15, 0.2) is 60.8 Å². The summed E-state index contributed by atoms with van der Waals surface area (Å²) in [6.45, 7) is 0. The van der Waals surface area contributed by atoms with E-state index < -0.39 is 5.91 Å². The quantitative estimate of drug-likeness (QED) is 0.499. The molecule has 7 nitrogen and oxygen atoms in total. The average Bonchev–Trinajstić information content (AvgIpc) is 2.81. The Labute approximate surface area is 188 Å². The summed E-state index contributed by atoms with van der Waals surface area (Å²) in [4.78, 5) is 33.8. The van der Waals surface area contributed by atoms with Crippen LogP contribution in [0.4, 0.5) is 11.5 Å². The van der Waals surface area contributed by atoms with E-state index in [1.54, 1.807) is 36.4 Å². The van der Waals surface area contributed by atoms with Crippen molar-refractivity contribution in [3.8, 4) is 11.3 Å². The molecule has 1 aliphatic rings. The highest BCUT2D eigenvalue weighted by Gasteiger charge is 2.22. The van der Waals surface area contributed by atoms with E-state index >= 15 is 0 Å². The van der Waals surface area contributed by atoms with Crippen LogP contribution in [-0.4, -0.2) is 32.9 Å². The third-order valence-corrected chi connectivity index (χ3v) is 5.84. The lowest BCUT2D eigenvalue weighted by Gasteiger charge is -2.24. The van der Waals surface area contributed by atoms with Crippen LogP contribution >= 0.6 is 0 Å². The molecule has 7 heteroatoms. The van der Waals surface area contributed by atoms with Crippen molar-refractivity contribution in [2.45, 2.75) is 38.2 Å². The van der Waals surface area contributed by atoms with Crippen molar-refractivity contribution >= 4 is 23.2 Å². The van der Waals surface area contributed by atoms with Gasteiger partial charge in [0.25, 0.3) is 5.91 Å². The molecule has 0 spiro atoms. The fourth-order valence-electron chi connectivity index (χ4n) is 3.97. The van der Waals surface area contributed by atoms with Crippen molar-refractivity contribution in [1.29, 1.82) is 0 Å². The number of hydrogen-bond acceptors (Lipinski definition) is 6. The second kappa shape index (κ2) is 9.70. The normalized spacial score (nSPS) is 18.2. The van der Waals surface area contributed by atoms with E-state index in [-0.39, 0.29) is 24.8 Å². The molecule has 0 radical (unpaired) electrons. The molecule has 1 saturated carbocycles. The lowest BCUT2D eigenvalue weighted by atomic mass is 9.83. The minimum absolute atomic E-state index is 0. The number of amides is 1. The first-order valence-corrected chi connectivity index (χ1v) is 10.8. The topological polar surface area (TPSA) is 118 Å². The number of aliphatic hydroxyl groups is 1. The highest BCUT2D eigenvalue weighted by molar-refractivity contribution is 6.06. The number of nitrogen functional groups attached to an aromatic ring is 1. The van der Waals surface area contributed by atoms with Crippen LogP contribution in [0, 0.1) is 5.92 Å². The van der Waals surface area contributed by atoms with Gasteiger partial charge in [0.2, 0.25) is 0 Å². The van der Waals surface area contributed by atoms with Crippen LogP contribution in [0.25, 0.3) is 11.3 Å². The largest absolute Gasteiger partial charge is 0.393 e. The van der Waals surface area contributed by atoms with Crippen molar-refractivity contribution < 1.29 is 16.1 Å². The summed E-state index contributed by atoms with van der Waals surface area (Å²) in [5.41, 5.74) is 8.46. The number of Topliss-reactive ketones (excluding diaryl/α,β-unsaturated/α-hetero) is 1. The van der Waals surface area contributed by atoms with Crippen molar-refractivity contribution in [3.63, 3.8) is 0 Å². The minimum atomic E-state index is -0.438. The van der Waals surface area contributed by atoms with Gasteiger partial charge in [-0.05, 0) is 43.7 Å². The summed E-state index contributed by atoms with van der Waals surface area (Å²) in [6, 6.07) is 16.2. The van der Waals surface area contributed by atoms with Crippen molar-refractivity contribution in [2.24, 2.45) is 5.92 Å². The first kappa shape index (κ1) is 21.6. The molecule has 1 fully saturated rings. The SMILES string of the molecule is Nc1ncc(-c2ccc(C(=O)CC3CCC(O)CC3)cc2)nc1C(=O)Nc1ccccc1.[HH]. The molecule has 4 N–H and O–H groups in total. The number of carbonyl (C=O) groups excluding carboxylic acids is 2. The molecule has 2 aromatic carbocycles. The Bertz CT molecular complexity index is 1100. The van der Waals surface area contributed by atoms with Gasteiger partial charge < -0.3 is 16.2 Å². The molecule has 4 rings (SSSR count). The van der Waals surface area contributed by atoms with Crippen LogP contribution in [-0.2, 0) is 0 Å². The Morgan fingerprint density at radius 2 is 1.72 bits per heavy atom. The number of hydrogen-bond donors (Lipinski definition) is 3. The monoisotopic (exact) mass is 432 g/mol. The number of nitrogens with zero attached hydrogens (tertiary/aromatic N) is 2. The third-order valence-electron chi connectivity index (χ3n) is 5.84. The van der Waals surface area contributed by atoms with Crippen LogP contribution in [0.5, 0.6) is 0 Å². The second-order valence-corrected chi connectivity index (χ2v) is 8.19. The number of para-hydroxylation sites is 1. The van der Waals surface area contributed by atoms with Crippen molar-refractivity contribution in [3.05, 3.63) is 72.1 Å². The molecular formula is C25H28N4O3. The molecule has 1 heterocycles. The Hall–Kier alpha value is -3.58. The summed E-state index contributed by atoms with van der Waals surface area (Å²) in [5, 5.41) is 12.4. The van der Waals surface area contributed by atoms with Gasteiger partial charge in [-0.1, -0.05) is 42.5 Å². The maximum absolute atomic E-state index is 12.6. The number of carbonyl (C=O) groups is 2. The predicted molar refractivity (Wildman–Crippen MR) is 125 cm³/mol. The zero-order valence-corrected chi connectivity index (χ0v) is 17.7. The zero-order valence-electron chi connectivity index (χ0n) is 17.7. The smallest absolute Gasteiger partial charge is 0.278 e.